The van der Waals surface area contributed by atoms with Crippen LogP contribution in [0, 0.1) is 12.8 Å². The number of aliphatic carboxylic acids is 1. The topological polar surface area (TPSA) is 66.4 Å². The van der Waals surface area contributed by atoms with Gasteiger partial charge in [-0.3, -0.25) is 9.59 Å². The molecule has 21 heavy (non-hydrogen) atoms. The highest BCUT2D eigenvalue weighted by Crippen LogP contribution is 2.26. The first-order chi connectivity index (χ1) is 10.0. The quantitative estimate of drug-likeness (QED) is 0.793. The molecule has 1 aromatic rings. The summed E-state index contributed by atoms with van der Waals surface area (Å²) in [5, 5.41) is 11.9. The maximum atomic E-state index is 11.8. The molecular formula is C16H21NO3S. The van der Waals surface area contributed by atoms with Crippen LogP contribution in [0.2, 0.25) is 0 Å². The molecule has 0 heterocycles. The summed E-state index contributed by atoms with van der Waals surface area (Å²) in [7, 11) is 0. The number of thioether (sulfide) groups is 1. The number of benzene rings is 1. The monoisotopic (exact) mass is 307 g/mol. The third-order valence-corrected chi connectivity index (χ3v) is 4.78. The van der Waals surface area contributed by atoms with E-state index < -0.39 is 5.97 Å². The predicted molar refractivity (Wildman–Crippen MR) is 83.4 cm³/mol. The summed E-state index contributed by atoms with van der Waals surface area (Å²) in [5.74, 6) is -0.284. The fourth-order valence-corrected chi connectivity index (χ4v) is 3.38. The molecule has 2 N–H and O–H groups in total. The van der Waals surface area contributed by atoms with Gasteiger partial charge in [0.1, 0.15) is 0 Å². The van der Waals surface area contributed by atoms with E-state index in [2.05, 4.69) is 29.6 Å². The molecule has 1 fully saturated rings. The summed E-state index contributed by atoms with van der Waals surface area (Å²) >= 11 is 1.67. The van der Waals surface area contributed by atoms with Crippen LogP contribution in [0.15, 0.2) is 29.2 Å². The molecule has 0 aliphatic heterocycles. The molecule has 1 saturated carbocycles. The molecule has 1 aliphatic rings. The highest BCUT2D eigenvalue weighted by atomic mass is 32.2. The molecule has 2 atom stereocenters. The Balaban J connectivity index is 1.66. The van der Waals surface area contributed by atoms with Gasteiger partial charge in [0.15, 0.2) is 0 Å². The summed E-state index contributed by atoms with van der Waals surface area (Å²) in [6, 6.07) is 8.28. The fourth-order valence-electron chi connectivity index (χ4n) is 2.53. The van der Waals surface area contributed by atoms with Crippen LogP contribution in [-0.2, 0) is 9.59 Å². The van der Waals surface area contributed by atoms with E-state index in [0.29, 0.717) is 19.3 Å². The van der Waals surface area contributed by atoms with Crippen molar-refractivity contribution < 1.29 is 14.7 Å². The lowest BCUT2D eigenvalue weighted by Crippen LogP contribution is -2.33. The molecule has 0 bridgehead atoms. The number of carbonyl (C=O) groups excluding carboxylic acids is 1. The number of rotatable bonds is 6. The van der Waals surface area contributed by atoms with Gasteiger partial charge in [-0.25, -0.2) is 0 Å². The van der Waals surface area contributed by atoms with Crippen LogP contribution < -0.4 is 5.32 Å². The fraction of sp³-hybridized carbons (Fsp3) is 0.500. The van der Waals surface area contributed by atoms with E-state index >= 15 is 0 Å². The first-order valence-electron chi connectivity index (χ1n) is 7.26. The third-order valence-electron chi connectivity index (χ3n) is 3.77. The number of carboxylic acids is 1. The van der Waals surface area contributed by atoms with Gasteiger partial charge in [0.25, 0.3) is 0 Å². The van der Waals surface area contributed by atoms with Gasteiger partial charge in [-0.05, 0) is 38.3 Å². The van der Waals surface area contributed by atoms with Gasteiger partial charge in [-0.2, -0.15) is 0 Å². The second-order valence-electron chi connectivity index (χ2n) is 5.52. The normalized spacial score (nSPS) is 21.2. The van der Waals surface area contributed by atoms with E-state index in [4.69, 9.17) is 5.11 Å². The molecule has 0 aromatic heterocycles. The lowest BCUT2D eigenvalue weighted by atomic mass is 10.1. The second-order valence-corrected chi connectivity index (χ2v) is 6.69. The average molecular weight is 307 g/mol. The minimum atomic E-state index is -0.748. The first-order valence-corrected chi connectivity index (χ1v) is 8.25. The minimum Gasteiger partial charge on any atom is -0.481 e. The number of hydrogen-bond acceptors (Lipinski definition) is 3. The van der Waals surface area contributed by atoms with Gasteiger partial charge < -0.3 is 10.4 Å². The summed E-state index contributed by atoms with van der Waals surface area (Å²) in [5.41, 5.74) is 1.23. The van der Waals surface area contributed by atoms with Crippen LogP contribution in [-0.4, -0.2) is 28.8 Å². The van der Waals surface area contributed by atoms with Crippen molar-refractivity contribution in [2.24, 2.45) is 5.92 Å². The summed E-state index contributed by atoms with van der Waals surface area (Å²) in [4.78, 5) is 23.9. The van der Waals surface area contributed by atoms with Crippen LogP contribution in [0.4, 0.5) is 0 Å². The number of carbonyl (C=O) groups is 2. The lowest BCUT2D eigenvalue weighted by molar-refractivity contribution is -0.141. The summed E-state index contributed by atoms with van der Waals surface area (Å²) < 4.78 is 0. The Morgan fingerprint density at radius 3 is 2.62 bits per heavy atom. The van der Waals surface area contributed by atoms with Crippen molar-refractivity contribution in [2.75, 3.05) is 5.75 Å². The third kappa shape index (κ3) is 5.08. The van der Waals surface area contributed by atoms with Crippen molar-refractivity contribution in [3.8, 4) is 0 Å². The van der Waals surface area contributed by atoms with Crippen molar-refractivity contribution in [1.29, 1.82) is 0 Å². The van der Waals surface area contributed by atoms with Gasteiger partial charge in [0, 0.05) is 23.1 Å². The molecule has 1 aliphatic carbocycles. The van der Waals surface area contributed by atoms with Crippen molar-refractivity contribution in [1.82, 2.24) is 5.32 Å². The molecule has 0 unspecified atom stereocenters. The van der Waals surface area contributed by atoms with Crippen molar-refractivity contribution in [2.45, 2.75) is 43.5 Å². The average Bonchev–Trinajstić information content (AvgIpc) is 2.90. The molecule has 0 spiro atoms. The van der Waals surface area contributed by atoms with E-state index in [-0.39, 0.29) is 17.9 Å². The molecule has 114 valence electrons. The highest BCUT2D eigenvalue weighted by Gasteiger charge is 2.30. The van der Waals surface area contributed by atoms with Gasteiger partial charge in [-0.1, -0.05) is 17.7 Å². The second kappa shape index (κ2) is 7.50. The number of nitrogens with one attached hydrogen (secondary N) is 1. The Morgan fingerprint density at radius 2 is 2.00 bits per heavy atom. The molecular weight excluding hydrogens is 286 g/mol. The van der Waals surface area contributed by atoms with E-state index in [9.17, 15) is 9.59 Å². The number of carboxylic acid groups (broad SMARTS) is 1. The lowest BCUT2D eigenvalue weighted by Gasteiger charge is -2.12. The predicted octanol–water partition coefficient (Wildman–Crippen LogP) is 2.85. The smallest absolute Gasteiger partial charge is 0.306 e. The maximum Gasteiger partial charge on any atom is 0.306 e. The number of hydrogen-bond donors (Lipinski definition) is 2. The van der Waals surface area contributed by atoms with E-state index in [1.807, 2.05) is 6.92 Å². The molecule has 4 nitrogen and oxygen atoms in total. The summed E-state index contributed by atoms with van der Waals surface area (Å²) in [6.45, 7) is 2.05. The van der Waals surface area contributed by atoms with E-state index in [0.717, 1.165) is 12.2 Å². The van der Waals surface area contributed by atoms with E-state index in [1.54, 1.807) is 11.8 Å². The Kier molecular flexibility index (Phi) is 5.67. The highest BCUT2D eigenvalue weighted by molar-refractivity contribution is 7.99. The maximum absolute atomic E-state index is 11.8. The largest absolute Gasteiger partial charge is 0.481 e. The van der Waals surface area contributed by atoms with Crippen molar-refractivity contribution in [3.05, 3.63) is 29.8 Å². The molecule has 2 rings (SSSR count). The molecule has 1 amide bonds. The van der Waals surface area contributed by atoms with Gasteiger partial charge in [0.05, 0.1) is 5.92 Å². The van der Waals surface area contributed by atoms with E-state index in [1.165, 1.54) is 10.5 Å². The molecule has 5 heteroatoms. The Bertz CT molecular complexity index is 501. The Labute approximate surface area is 129 Å². The summed E-state index contributed by atoms with van der Waals surface area (Å²) in [6.07, 6.45) is 2.46. The van der Waals surface area contributed by atoms with Crippen LogP contribution in [0.25, 0.3) is 0 Å². The number of amides is 1. The van der Waals surface area contributed by atoms with Crippen LogP contribution in [0.1, 0.15) is 31.2 Å². The Morgan fingerprint density at radius 1 is 1.29 bits per heavy atom. The minimum absolute atomic E-state index is 0.0191. The van der Waals surface area contributed by atoms with Crippen LogP contribution >= 0.6 is 11.8 Å². The zero-order chi connectivity index (χ0) is 15.2. The zero-order valence-corrected chi connectivity index (χ0v) is 13.0. The van der Waals surface area contributed by atoms with Crippen LogP contribution in [0.5, 0.6) is 0 Å². The SMILES string of the molecule is Cc1ccc(SCCC(=O)N[C@H]2CC[C@@H](C(=O)O)C2)cc1. The first kappa shape index (κ1) is 15.9. The Hall–Kier alpha value is -1.49. The molecule has 0 radical (unpaired) electrons. The van der Waals surface area contributed by atoms with Crippen LogP contribution in [0.3, 0.4) is 0 Å². The molecule has 1 aromatic carbocycles. The van der Waals surface area contributed by atoms with Gasteiger partial charge in [0.2, 0.25) is 5.91 Å². The van der Waals surface area contributed by atoms with Gasteiger partial charge in [-0.15, -0.1) is 11.8 Å². The van der Waals surface area contributed by atoms with Gasteiger partial charge >= 0.3 is 5.97 Å². The number of aryl methyl sites for hydroxylation is 1. The standard InChI is InChI=1S/C16H21NO3S/c1-11-2-6-14(7-3-11)21-9-8-15(18)17-13-5-4-12(10-13)16(19)20/h2-3,6-7,12-13H,4-5,8-10H2,1H3,(H,17,18)(H,19,20)/t12-,13+/m1/s1. The zero-order valence-electron chi connectivity index (χ0n) is 12.2. The van der Waals surface area contributed by atoms with Crippen molar-refractivity contribution >= 4 is 23.6 Å². The molecule has 0 saturated heterocycles. The van der Waals surface area contributed by atoms with Crippen molar-refractivity contribution in [3.63, 3.8) is 0 Å².